The molecule has 2 amide bonds. The molecule has 0 aliphatic carbocycles. The standard InChI is InChI=1S/C13H18N2O4/c1-4-15(13(19)14-9(3)12(17)18)11-7-10(16)6-5-8(11)2/h5-7,9,16H,4H2,1-3H3,(H,14,19)(H,17,18)/t9-/m1/s1. The number of phenolic OH excluding ortho intramolecular Hbond substituents is 1. The van der Waals surface area contributed by atoms with Crippen LogP contribution in [0.25, 0.3) is 0 Å². The van der Waals surface area contributed by atoms with Crippen molar-refractivity contribution in [2.45, 2.75) is 26.8 Å². The minimum Gasteiger partial charge on any atom is -0.508 e. The minimum atomic E-state index is -1.10. The number of amides is 2. The highest BCUT2D eigenvalue weighted by atomic mass is 16.4. The minimum absolute atomic E-state index is 0.0538. The van der Waals surface area contributed by atoms with Gasteiger partial charge >= 0.3 is 12.0 Å². The fourth-order valence-electron chi connectivity index (χ4n) is 1.64. The fourth-order valence-corrected chi connectivity index (χ4v) is 1.64. The van der Waals surface area contributed by atoms with Gasteiger partial charge in [-0.2, -0.15) is 0 Å². The molecule has 104 valence electrons. The number of nitrogens with zero attached hydrogens (tertiary/aromatic N) is 1. The molecule has 0 heterocycles. The number of aryl methyl sites for hydroxylation is 1. The van der Waals surface area contributed by atoms with Gasteiger partial charge in [-0.05, 0) is 32.4 Å². The van der Waals surface area contributed by atoms with E-state index in [1.165, 1.54) is 24.0 Å². The van der Waals surface area contributed by atoms with E-state index in [9.17, 15) is 14.7 Å². The number of hydrogen-bond donors (Lipinski definition) is 3. The summed E-state index contributed by atoms with van der Waals surface area (Å²) in [5.74, 6) is -1.05. The Kier molecular flexibility index (Phi) is 4.74. The molecule has 3 N–H and O–H groups in total. The molecule has 0 aliphatic heterocycles. The SMILES string of the molecule is CCN(C(=O)N[C@H](C)C(=O)O)c1cc(O)ccc1C. The van der Waals surface area contributed by atoms with E-state index >= 15 is 0 Å². The number of hydrogen-bond acceptors (Lipinski definition) is 3. The number of benzene rings is 1. The van der Waals surface area contributed by atoms with E-state index in [4.69, 9.17) is 5.11 Å². The summed E-state index contributed by atoms with van der Waals surface area (Å²) in [5, 5.41) is 20.6. The van der Waals surface area contributed by atoms with Crippen molar-refractivity contribution in [1.82, 2.24) is 5.32 Å². The highest BCUT2D eigenvalue weighted by Gasteiger charge is 2.20. The third-order valence-corrected chi connectivity index (χ3v) is 2.76. The first kappa shape index (κ1) is 14.8. The van der Waals surface area contributed by atoms with Crippen LogP contribution in [0.3, 0.4) is 0 Å². The Balaban J connectivity index is 2.97. The smallest absolute Gasteiger partial charge is 0.325 e. The molecule has 1 aromatic carbocycles. The Morgan fingerprint density at radius 2 is 2.05 bits per heavy atom. The molecule has 0 aliphatic rings. The molecule has 0 saturated heterocycles. The van der Waals surface area contributed by atoms with E-state index in [2.05, 4.69) is 5.32 Å². The summed E-state index contributed by atoms with van der Waals surface area (Å²) in [6.07, 6.45) is 0. The average Bonchev–Trinajstić information content (AvgIpc) is 2.34. The quantitative estimate of drug-likeness (QED) is 0.773. The maximum Gasteiger partial charge on any atom is 0.325 e. The predicted molar refractivity (Wildman–Crippen MR) is 71.5 cm³/mol. The first-order valence-electron chi connectivity index (χ1n) is 5.97. The van der Waals surface area contributed by atoms with Gasteiger partial charge in [0.1, 0.15) is 11.8 Å². The van der Waals surface area contributed by atoms with Gasteiger partial charge in [0, 0.05) is 12.6 Å². The number of anilines is 1. The van der Waals surface area contributed by atoms with Crippen molar-refractivity contribution < 1.29 is 19.8 Å². The van der Waals surface area contributed by atoms with Crippen LogP contribution in [-0.4, -0.2) is 34.8 Å². The molecule has 0 aromatic heterocycles. The number of carboxylic acid groups (broad SMARTS) is 1. The van der Waals surface area contributed by atoms with Gasteiger partial charge in [0.15, 0.2) is 0 Å². The van der Waals surface area contributed by atoms with Crippen molar-refractivity contribution in [3.8, 4) is 5.75 Å². The second-order valence-corrected chi connectivity index (χ2v) is 4.22. The Hall–Kier alpha value is -2.24. The predicted octanol–water partition coefficient (Wildman–Crippen LogP) is 1.71. The molecule has 0 saturated carbocycles. The molecule has 6 heteroatoms. The van der Waals surface area contributed by atoms with Crippen molar-refractivity contribution in [3.05, 3.63) is 23.8 Å². The second-order valence-electron chi connectivity index (χ2n) is 4.22. The Bertz CT molecular complexity index is 488. The summed E-state index contributed by atoms with van der Waals surface area (Å²) in [5.41, 5.74) is 1.37. The summed E-state index contributed by atoms with van der Waals surface area (Å²) in [7, 11) is 0. The van der Waals surface area contributed by atoms with Gasteiger partial charge in [-0.15, -0.1) is 0 Å². The highest BCUT2D eigenvalue weighted by Crippen LogP contribution is 2.24. The zero-order chi connectivity index (χ0) is 14.6. The normalized spacial score (nSPS) is 11.7. The number of nitrogens with one attached hydrogen (secondary N) is 1. The maximum atomic E-state index is 12.0. The van der Waals surface area contributed by atoms with Crippen LogP contribution < -0.4 is 10.2 Å². The summed E-state index contributed by atoms with van der Waals surface area (Å²) in [6.45, 7) is 5.34. The van der Waals surface area contributed by atoms with Gasteiger partial charge < -0.3 is 15.5 Å². The lowest BCUT2D eigenvalue weighted by atomic mass is 10.1. The molecule has 0 fully saturated rings. The van der Waals surface area contributed by atoms with E-state index in [0.717, 1.165) is 5.56 Å². The van der Waals surface area contributed by atoms with Crippen molar-refractivity contribution in [1.29, 1.82) is 0 Å². The van der Waals surface area contributed by atoms with E-state index in [1.54, 1.807) is 13.0 Å². The maximum absolute atomic E-state index is 12.0. The van der Waals surface area contributed by atoms with Gasteiger partial charge in [0.2, 0.25) is 0 Å². The van der Waals surface area contributed by atoms with Crippen molar-refractivity contribution in [2.24, 2.45) is 0 Å². The summed E-state index contributed by atoms with van der Waals surface area (Å²) in [4.78, 5) is 24.1. The first-order valence-corrected chi connectivity index (χ1v) is 5.97. The van der Waals surface area contributed by atoms with Crippen LogP contribution in [0, 0.1) is 6.92 Å². The van der Waals surface area contributed by atoms with Crippen LogP contribution in [0.4, 0.5) is 10.5 Å². The fraction of sp³-hybridized carbons (Fsp3) is 0.385. The number of aliphatic carboxylic acids is 1. The molecule has 6 nitrogen and oxygen atoms in total. The lowest BCUT2D eigenvalue weighted by Gasteiger charge is -2.24. The van der Waals surface area contributed by atoms with Gasteiger partial charge in [-0.3, -0.25) is 9.69 Å². The highest BCUT2D eigenvalue weighted by molar-refractivity contribution is 5.95. The molecule has 0 spiro atoms. The molecular formula is C13H18N2O4. The summed E-state index contributed by atoms with van der Waals surface area (Å²) in [6, 6.07) is 3.22. The summed E-state index contributed by atoms with van der Waals surface area (Å²) < 4.78 is 0. The number of urea groups is 1. The topological polar surface area (TPSA) is 89.9 Å². The molecule has 1 rings (SSSR count). The molecule has 1 atom stereocenters. The third-order valence-electron chi connectivity index (χ3n) is 2.76. The number of carboxylic acids is 1. The van der Waals surface area contributed by atoms with Crippen molar-refractivity contribution in [3.63, 3.8) is 0 Å². The average molecular weight is 266 g/mol. The Morgan fingerprint density at radius 1 is 1.42 bits per heavy atom. The first-order chi connectivity index (χ1) is 8.86. The summed E-state index contributed by atoms with van der Waals surface area (Å²) >= 11 is 0. The van der Waals surface area contributed by atoms with Crippen molar-refractivity contribution in [2.75, 3.05) is 11.4 Å². The van der Waals surface area contributed by atoms with E-state index in [1.807, 2.05) is 6.92 Å². The third kappa shape index (κ3) is 3.61. The Morgan fingerprint density at radius 3 is 2.58 bits per heavy atom. The molecule has 0 radical (unpaired) electrons. The number of carbonyl (C=O) groups excluding carboxylic acids is 1. The van der Waals surface area contributed by atoms with Crippen LogP contribution in [-0.2, 0) is 4.79 Å². The van der Waals surface area contributed by atoms with Crippen LogP contribution in [0.15, 0.2) is 18.2 Å². The van der Waals surface area contributed by atoms with Crippen LogP contribution in [0.2, 0.25) is 0 Å². The molecule has 0 unspecified atom stereocenters. The molecule has 1 aromatic rings. The van der Waals surface area contributed by atoms with Gasteiger partial charge in [0.25, 0.3) is 0 Å². The van der Waals surface area contributed by atoms with Gasteiger partial charge in [-0.25, -0.2) is 4.79 Å². The second kappa shape index (κ2) is 6.08. The monoisotopic (exact) mass is 266 g/mol. The zero-order valence-electron chi connectivity index (χ0n) is 11.2. The lowest BCUT2D eigenvalue weighted by Crippen LogP contribution is -2.47. The molecule has 0 bridgehead atoms. The van der Waals surface area contributed by atoms with E-state index < -0.39 is 18.0 Å². The number of aromatic hydroxyl groups is 1. The van der Waals surface area contributed by atoms with E-state index in [-0.39, 0.29) is 5.75 Å². The van der Waals surface area contributed by atoms with Crippen LogP contribution in [0.5, 0.6) is 5.75 Å². The van der Waals surface area contributed by atoms with Gasteiger partial charge in [0.05, 0.1) is 5.69 Å². The molecule has 19 heavy (non-hydrogen) atoms. The van der Waals surface area contributed by atoms with Crippen LogP contribution in [0.1, 0.15) is 19.4 Å². The number of rotatable bonds is 4. The number of phenols is 1. The lowest BCUT2D eigenvalue weighted by molar-refractivity contribution is -0.138. The number of carbonyl (C=O) groups is 2. The van der Waals surface area contributed by atoms with Crippen LogP contribution >= 0.6 is 0 Å². The molecular weight excluding hydrogens is 248 g/mol. The van der Waals surface area contributed by atoms with Gasteiger partial charge in [-0.1, -0.05) is 6.07 Å². The zero-order valence-corrected chi connectivity index (χ0v) is 11.2. The largest absolute Gasteiger partial charge is 0.508 e. The Labute approximate surface area is 111 Å². The van der Waals surface area contributed by atoms with Crippen molar-refractivity contribution >= 4 is 17.7 Å². The van der Waals surface area contributed by atoms with E-state index in [0.29, 0.717) is 12.2 Å².